The van der Waals surface area contributed by atoms with Crippen molar-refractivity contribution in [1.29, 1.82) is 0 Å². The number of likely N-dealkylation sites (N-methyl/N-ethyl adjacent to an activating group) is 1. The summed E-state index contributed by atoms with van der Waals surface area (Å²) in [6.07, 6.45) is 3.32. The number of carbonyl (C=O) groups is 2. The Bertz CT molecular complexity index is 634. The fraction of sp³-hybridized carbons (Fsp3) is 0.750. The number of unbranched alkanes of at least 4 members (excludes halogenated alkanes) is 2. The summed E-state index contributed by atoms with van der Waals surface area (Å²) in [6.45, 7) is 3.51. The van der Waals surface area contributed by atoms with E-state index >= 15 is 0 Å². The van der Waals surface area contributed by atoms with E-state index in [2.05, 4.69) is 17.1 Å². The summed E-state index contributed by atoms with van der Waals surface area (Å²) in [5.74, 6) is -0.443. The van der Waals surface area contributed by atoms with Crippen molar-refractivity contribution >= 4 is 28.5 Å². The topological polar surface area (TPSA) is 94.1 Å². The van der Waals surface area contributed by atoms with Gasteiger partial charge in [0.15, 0.2) is 6.10 Å². The van der Waals surface area contributed by atoms with Crippen LogP contribution in [0.5, 0.6) is 5.19 Å². The summed E-state index contributed by atoms with van der Waals surface area (Å²) in [7, 11) is 1.65. The molecule has 26 heavy (non-hydrogen) atoms. The first-order chi connectivity index (χ1) is 12.6. The fourth-order valence-electron chi connectivity index (χ4n) is 2.84. The van der Waals surface area contributed by atoms with Crippen molar-refractivity contribution in [3.8, 4) is 5.19 Å². The van der Waals surface area contributed by atoms with Gasteiger partial charge in [-0.05, 0) is 30.6 Å². The summed E-state index contributed by atoms with van der Waals surface area (Å²) in [5, 5.41) is 8.78. The molecule has 0 N–H and O–H groups in total. The SMILES string of the molecule is CCCCCOc1nnc(N2C(=O)N(C)CC2OC(=O)C2CCCO2)s1. The Labute approximate surface area is 156 Å². The van der Waals surface area contributed by atoms with Crippen LogP contribution in [-0.4, -0.2) is 66.2 Å². The molecule has 2 amide bonds. The average molecular weight is 384 g/mol. The number of ether oxygens (including phenoxy) is 3. The third kappa shape index (κ3) is 4.24. The molecule has 0 spiro atoms. The molecule has 2 aliphatic rings. The van der Waals surface area contributed by atoms with Crippen LogP contribution in [0, 0.1) is 0 Å². The number of anilines is 1. The molecule has 2 saturated heterocycles. The van der Waals surface area contributed by atoms with Gasteiger partial charge in [-0.3, -0.25) is 0 Å². The van der Waals surface area contributed by atoms with Gasteiger partial charge in [-0.2, -0.15) is 0 Å². The van der Waals surface area contributed by atoms with Gasteiger partial charge >= 0.3 is 12.0 Å². The van der Waals surface area contributed by atoms with Crippen LogP contribution in [0.25, 0.3) is 0 Å². The Morgan fingerprint density at radius 2 is 2.23 bits per heavy atom. The Morgan fingerprint density at radius 1 is 1.38 bits per heavy atom. The third-order valence-electron chi connectivity index (χ3n) is 4.27. The maximum Gasteiger partial charge on any atom is 0.337 e. The molecule has 1 aromatic rings. The van der Waals surface area contributed by atoms with Gasteiger partial charge in [0.2, 0.25) is 11.4 Å². The van der Waals surface area contributed by atoms with Gasteiger partial charge in [0, 0.05) is 13.7 Å². The predicted octanol–water partition coefficient (Wildman–Crippen LogP) is 2.03. The number of hydrogen-bond acceptors (Lipinski definition) is 8. The smallest absolute Gasteiger partial charge is 0.337 e. The van der Waals surface area contributed by atoms with Crippen LogP contribution in [0.3, 0.4) is 0 Å². The third-order valence-corrected chi connectivity index (χ3v) is 5.11. The number of hydrogen-bond donors (Lipinski definition) is 0. The number of aromatic nitrogens is 2. The number of urea groups is 1. The van der Waals surface area contributed by atoms with E-state index in [9.17, 15) is 9.59 Å². The lowest BCUT2D eigenvalue weighted by Crippen LogP contribution is -2.39. The molecule has 2 aliphatic heterocycles. The minimum atomic E-state index is -0.745. The molecule has 3 heterocycles. The second kappa shape index (κ2) is 8.63. The van der Waals surface area contributed by atoms with Crippen molar-refractivity contribution in [2.45, 2.75) is 51.4 Å². The molecule has 1 aromatic heterocycles. The Kier molecular flexibility index (Phi) is 6.25. The molecule has 2 atom stereocenters. The fourth-order valence-corrected chi connectivity index (χ4v) is 3.60. The number of nitrogens with zero attached hydrogens (tertiary/aromatic N) is 4. The van der Waals surface area contributed by atoms with Crippen molar-refractivity contribution < 1.29 is 23.8 Å². The summed E-state index contributed by atoms with van der Waals surface area (Å²) in [5.41, 5.74) is 0. The molecular weight excluding hydrogens is 360 g/mol. The predicted molar refractivity (Wildman–Crippen MR) is 94.3 cm³/mol. The lowest BCUT2D eigenvalue weighted by atomic mass is 10.2. The highest BCUT2D eigenvalue weighted by Gasteiger charge is 2.42. The summed E-state index contributed by atoms with van der Waals surface area (Å²) < 4.78 is 16.4. The summed E-state index contributed by atoms with van der Waals surface area (Å²) in [4.78, 5) is 27.5. The summed E-state index contributed by atoms with van der Waals surface area (Å²) in [6, 6.07) is -0.288. The first-order valence-corrected chi connectivity index (χ1v) is 9.74. The Balaban J connectivity index is 1.64. The molecule has 2 fully saturated rings. The van der Waals surface area contributed by atoms with Gasteiger partial charge in [-0.1, -0.05) is 24.9 Å². The highest BCUT2D eigenvalue weighted by Crippen LogP contribution is 2.31. The zero-order valence-corrected chi connectivity index (χ0v) is 15.9. The van der Waals surface area contributed by atoms with Gasteiger partial charge in [0.1, 0.15) is 0 Å². The zero-order valence-electron chi connectivity index (χ0n) is 15.0. The van der Waals surface area contributed by atoms with Crippen LogP contribution in [0.1, 0.15) is 39.0 Å². The van der Waals surface area contributed by atoms with Crippen molar-refractivity contribution in [3.63, 3.8) is 0 Å². The molecule has 9 nitrogen and oxygen atoms in total. The standard InChI is InChI=1S/C16H24N4O5S/c1-3-4-5-8-24-15-18-17-14(26-15)20-12(10-19(2)16(20)22)25-13(21)11-7-6-9-23-11/h11-12H,3-10H2,1-2H3. The van der Waals surface area contributed by atoms with E-state index in [1.54, 1.807) is 7.05 Å². The van der Waals surface area contributed by atoms with Crippen LogP contribution in [0.4, 0.5) is 9.93 Å². The normalized spacial score (nSPS) is 22.9. The van der Waals surface area contributed by atoms with Gasteiger partial charge in [0.25, 0.3) is 5.19 Å². The Hall–Kier alpha value is -1.94. The van der Waals surface area contributed by atoms with Gasteiger partial charge < -0.3 is 19.1 Å². The van der Waals surface area contributed by atoms with E-state index in [1.807, 2.05) is 0 Å². The van der Waals surface area contributed by atoms with Crippen molar-refractivity contribution in [2.24, 2.45) is 0 Å². The molecule has 3 rings (SSSR count). The van der Waals surface area contributed by atoms with E-state index in [0.717, 1.165) is 25.7 Å². The molecule has 0 radical (unpaired) electrons. The largest absolute Gasteiger partial charge is 0.469 e. The monoisotopic (exact) mass is 384 g/mol. The number of rotatable bonds is 8. The van der Waals surface area contributed by atoms with Crippen molar-refractivity contribution in [3.05, 3.63) is 0 Å². The Morgan fingerprint density at radius 3 is 2.96 bits per heavy atom. The summed E-state index contributed by atoms with van der Waals surface area (Å²) >= 11 is 1.17. The lowest BCUT2D eigenvalue weighted by Gasteiger charge is -2.21. The first kappa shape index (κ1) is 18.8. The second-order valence-corrected chi connectivity index (χ2v) is 7.25. The van der Waals surface area contributed by atoms with E-state index in [0.29, 0.717) is 30.0 Å². The average Bonchev–Trinajstić information content (AvgIpc) is 3.34. The molecule has 144 valence electrons. The maximum atomic E-state index is 12.5. The minimum Gasteiger partial charge on any atom is -0.469 e. The zero-order chi connectivity index (χ0) is 18.5. The van der Waals surface area contributed by atoms with Crippen molar-refractivity contribution in [2.75, 3.05) is 31.7 Å². The van der Waals surface area contributed by atoms with Gasteiger partial charge in [-0.15, -0.1) is 5.10 Å². The minimum absolute atomic E-state index is 0.267. The molecule has 2 unspecified atom stereocenters. The highest BCUT2D eigenvalue weighted by atomic mass is 32.1. The quantitative estimate of drug-likeness (QED) is 0.500. The van der Waals surface area contributed by atoms with Crippen LogP contribution in [0.15, 0.2) is 0 Å². The van der Waals surface area contributed by atoms with E-state index in [4.69, 9.17) is 14.2 Å². The molecule has 0 bridgehead atoms. The van der Waals surface area contributed by atoms with E-state index in [-0.39, 0.29) is 12.6 Å². The van der Waals surface area contributed by atoms with E-state index < -0.39 is 18.3 Å². The number of esters is 1. The first-order valence-electron chi connectivity index (χ1n) is 8.93. The molecular formula is C16H24N4O5S. The van der Waals surface area contributed by atoms with Gasteiger partial charge in [0.05, 0.1) is 13.2 Å². The van der Waals surface area contributed by atoms with Crippen molar-refractivity contribution in [1.82, 2.24) is 15.1 Å². The highest BCUT2D eigenvalue weighted by molar-refractivity contribution is 7.17. The molecule has 10 heteroatoms. The van der Waals surface area contributed by atoms with Gasteiger partial charge in [-0.25, -0.2) is 14.5 Å². The van der Waals surface area contributed by atoms with Crippen LogP contribution in [-0.2, 0) is 14.3 Å². The molecule has 0 saturated carbocycles. The van der Waals surface area contributed by atoms with Crippen LogP contribution >= 0.6 is 11.3 Å². The second-order valence-electron chi connectivity index (χ2n) is 6.33. The molecule has 0 aromatic carbocycles. The number of amides is 2. The lowest BCUT2D eigenvalue weighted by molar-refractivity contribution is -0.158. The molecule has 0 aliphatic carbocycles. The van der Waals surface area contributed by atoms with Crippen LogP contribution < -0.4 is 9.64 Å². The number of carbonyl (C=O) groups excluding carboxylic acids is 2. The van der Waals surface area contributed by atoms with Crippen LogP contribution in [0.2, 0.25) is 0 Å². The van der Waals surface area contributed by atoms with E-state index in [1.165, 1.54) is 21.1 Å². The maximum absolute atomic E-state index is 12.5.